The van der Waals surface area contributed by atoms with Gasteiger partial charge in [-0.1, -0.05) is 16.8 Å². The molecule has 2 saturated heterocycles. The number of ether oxygens (including phenoxy) is 1. The molecule has 1 aromatic carbocycles. The minimum atomic E-state index is -0.569. The van der Waals surface area contributed by atoms with E-state index in [0.717, 1.165) is 71.1 Å². The van der Waals surface area contributed by atoms with Crippen LogP contribution in [0.15, 0.2) is 30.6 Å². The van der Waals surface area contributed by atoms with E-state index in [2.05, 4.69) is 52.7 Å². The topological polar surface area (TPSA) is 157 Å². The van der Waals surface area contributed by atoms with Crippen LogP contribution in [-0.2, 0) is 4.74 Å². The third kappa shape index (κ3) is 7.18. The second kappa shape index (κ2) is 13.7. The molecule has 15 heteroatoms. The van der Waals surface area contributed by atoms with E-state index in [1.54, 1.807) is 12.3 Å². The van der Waals surface area contributed by atoms with Crippen molar-refractivity contribution in [2.45, 2.75) is 6.42 Å². The lowest BCUT2D eigenvalue weighted by Crippen LogP contribution is -2.44. The number of nitrogens with zero attached hydrogens (tertiary/aromatic N) is 9. The summed E-state index contributed by atoms with van der Waals surface area (Å²) in [7, 11) is 2.07. The molecule has 5 rings (SSSR count). The molecule has 2 N–H and O–H groups in total. The second-order valence-electron chi connectivity index (χ2n) is 10.1. The molecule has 2 amide bonds. The van der Waals surface area contributed by atoms with Gasteiger partial charge in [-0.05, 0) is 38.2 Å². The van der Waals surface area contributed by atoms with Crippen LogP contribution < -0.4 is 15.5 Å². The number of hydrogen-bond acceptors (Lipinski definition) is 11. The van der Waals surface area contributed by atoms with Crippen molar-refractivity contribution < 1.29 is 14.3 Å². The number of carbonyl (C=O) groups excluding carboxylic acids is 2. The Balaban J connectivity index is 1.31. The highest BCUT2D eigenvalue weighted by atomic mass is 35.5. The van der Waals surface area contributed by atoms with E-state index >= 15 is 0 Å². The summed E-state index contributed by atoms with van der Waals surface area (Å²) in [6.45, 7) is 8.02. The summed E-state index contributed by atoms with van der Waals surface area (Å²) in [4.78, 5) is 40.6. The molecule has 3 aromatic rings. The first-order valence-electron chi connectivity index (χ1n) is 13.7. The molecule has 14 nitrogen and oxygen atoms in total. The molecule has 0 aliphatic carbocycles. The molecule has 220 valence electrons. The molecule has 0 saturated carbocycles. The van der Waals surface area contributed by atoms with E-state index in [9.17, 15) is 9.59 Å². The quantitative estimate of drug-likeness (QED) is 0.341. The van der Waals surface area contributed by atoms with Gasteiger partial charge in [-0.3, -0.25) is 14.5 Å². The Bertz CT molecular complexity index is 1460. The van der Waals surface area contributed by atoms with E-state index in [0.29, 0.717) is 17.9 Å². The smallest absolute Gasteiger partial charge is 0.277 e. The molecule has 4 heterocycles. The summed E-state index contributed by atoms with van der Waals surface area (Å²) >= 11 is 6.15. The summed E-state index contributed by atoms with van der Waals surface area (Å²) in [5, 5.41) is 22.9. The van der Waals surface area contributed by atoms with Crippen molar-refractivity contribution >= 4 is 34.8 Å². The molecule has 2 aromatic heterocycles. The predicted octanol–water partition coefficient (Wildman–Crippen LogP) is 1.04. The van der Waals surface area contributed by atoms with Gasteiger partial charge < -0.3 is 25.2 Å². The lowest BCUT2D eigenvalue weighted by atomic mass is 10.2. The number of rotatable bonds is 9. The van der Waals surface area contributed by atoms with Crippen molar-refractivity contribution in [3.8, 4) is 11.8 Å². The number of morpholine rings is 1. The maximum atomic E-state index is 13.2. The lowest BCUT2D eigenvalue weighted by Gasteiger charge is -2.35. The third-order valence-corrected chi connectivity index (χ3v) is 7.43. The summed E-state index contributed by atoms with van der Waals surface area (Å²) in [6.07, 6.45) is 3.57. The largest absolute Gasteiger partial charge is 0.379 e. The standard InChI is InChI=1S/C27H32ClN11O3/c1-36-7-9-38(10-8-36)23-4-3-20(15-21(23)33-27(41)24-25(28)32-19(16-29)17-31-24)39-18-22(34-35-39)26(40)30-5-2-6-37-11-13-42-14-12-37/h3-4,15,17-18H,2,5-14H2,1H3,(H,30,40)(H,33,41). The van der Waals surface area contributed by atoms with Crippen molar-refractivity contribution in [1.29, 1.82) is 5.26 Å². The number of hydrogen-bond donors (Lipinski definition) is 2. The molecule has 0 radical (unpaired) electrons. The average molecular weight is 594 g/mol. The van der Waals surface area contributed by atoms with E-state index < -0.39 is 5.91 Å². The van der Waals surface area contributed by atoms with Gasteiger partial charge in [0.25, 0.3) is 11.8 Å². The fourth-order valence-electron chi connectivity index (χ4n) is 4.76. The Morgan fingerprint density at radius 1 is 1.12 bits per heavy atom. The summed E-state index contributed by atoms with van der Waals surface area (Å²) in [5.41, 5.74) is 2.03. The number of nitrogens with one attached hydrogen (secondary N) is 2. The van der Waals surface area contributed by atoms with Gasteiger partial charge in [-0.15, -0.1) is 5.10 Å². The van der Waals surface area contributed by atoms with Gasteiger partial charge in [0, 0.05) is 45.8 Å². The van der Waals surface area contributed by atoms with Gasteiger partial charge in [-0.2, -0.15) is 5.26 Å². The van der Waals surface area contributed by atoms with E-state index in [4.69, 9.17) is 21.6 Å². The van der Waals surface area contributed by atoms with Crippen LogP contribution >= 0.6 is 11.6 Å². The molecule has 2 aliphatic heterocycles. The molecule has 42 heavy (non-hydrogen) atoms. The first kappa shape index (κ1) is 29.3. The number of nitriles is 1. The highest BCUT2D eigenvalue weighted by Crippen LogP contribution is 2.30. The number of aromatic nitrogens is 5. The molecule has 0 unspecified atom stereocenters. The molecule has 0 bridgehead atoms. The maximum Gasteiger partial charge on any atom is 0.277 e. The van der Waals surface area contributed by atoms with Crippen LogP contribution in [0.25, 0.3) is 5.69 Å². The Hall–Kier alpha value is -4.16. The van der Waals surface area contributed by atoms with Crippen molar-refractivity contribution in [1.82, 2.24) is 40.1 Å². The maximum absolute atomic E-state index is 13.2. The zero-order chi connectivity index (χ0) is 29.5. The predicted molar refractivity (Wildman–Crippen MR) is 155 cm³/mol. The number of halogens is 1. The van der Waals surface area contributed by atoms with Gasteiger partial charge in [0.05, 0.1) is 42.7 Å². The summed E-state index contributed by atoms with van der Waals surface area (Å²) in [6, 6.07) is 7.37. The van der Waals surface area contributed by atoms with E-state index in [1.165, 1.54) is 10.9 Å². The number of benzene rings is 1. The summed E-state index contributed by atoms with van der Waals surface area (Å²) in [5.74, 6) is -0.875. The number of amides is 2. The molecule has 0 atom stereocenters. The Kier molecular flexibility index (Phi) is 9.55. The number of carbonyl (C=O) groups is 2. The van der Waals surface area contributed by atoms with Crippen molar-refractivity contribution in [2.24, 2.45) is 0 Å². The number of likely N-dealkylation sites (N-methyl/N-ethyl adjacent to an activating group) is 1. The molecular weight excluding hydrogens is 562 g/mol. The first-order chi connectivity index (χ1) is 20.4. The Labute approximate surface area is 248 Å². The Morgan fingerprint density at radius 3 is 2.64 bits per heavy atom. The minimum absolute atomic E-state index is 0.0137. The second-order valence-corrected chi connectivity index (χ2v) is 10.4. The van der Waals surface area contributed by atoms with E-state index in [-0.39, 0.29) is 28.1 Å². The van der Waals surface area contributed by atoms with Gasteiger partial charge >= 0.3 is 0 Å². The monoisotopic (exact) mass is 593 g/mol. The fourth-order valence-corrected chi connectivity index (χ4v) is 4.98. The van der Waals surface area contributed by atoms with Crippen LogP contribution in [0.1, 0.15) is 33.1 Å². The van der Waals surface area contributed by atoms with Crippen molar-refractivity contribution in [3.63, 3.8) is 0 Å². The van der Waals surface area contributed by atoms with Gasteiger partial charge in [-0.25, -0.2) is 14.6 Å². The normalized spacial score (nSPS) is 16.2. The van der Waals surface area contributed by atoms with Gasteiger partial charge in [0.15, 0.2) is 22.2 Å². The average Bonchev–Trinajstić information content (AvgIpc) is 3.51. The van der Waals surface area contributed by atoms with Crippen molar-refractivity contribution in [3.05, 3.63) is 52.8 Å². The number of anilines is 2. The van der Waals surface area contributed by atoms with Crippen LogP contribution in [0.3, 0.4) is 0 Å². The van der Waals surface area contributed by atoms with Crippen LogP contribution in [-0.4, -0.2) is 119 Å². The van der Waals surface area contributed by atoms with E-state index in [1.807, 2.05) is 18.2 Å². The zero-order valence-corrected chi connectivity index (χ0v) is 24.0. The lowest BCUT2D eigenvalue weighted by molar-refractivity contribution is 0.0374. The fraction of sp³-hybridized carbons (Fsp3) is 0.444. The number of piperazine rings is 1. The third-order valence-electron chi connectivity index (χ3n) is 7.16. The van der Waals surface area contributed by atoms with Crippen LogP contribution in [0.4, 0.5) is 11.4 Å². The Morgan fingerprint density at radius 2 is 1.90 bits per heavy atom. The van der Waals surface area contributed by atoms with Crippen LogP contribution in [0, 0.1) is 11.3 Å². The van der Waals surface area contributed by atoms with Gasteiger partial charge in [0.2, 0.25) is 0 Å². The molecule has 2 fully saturated rings. The summed E-state index contributed by atoms with van der Waals surface area (Å²) < 4.78 is 6.85. The van der Waals surface area contributed by atoms with Gasteiger partial charge in [0.1, 0.15) is 6.07 Å². The van der Waals surface area contributed by atoms with Crippen LogP contribution in [0.2, 0.25) is 5.15 Å². The molecular formula is C27H32ClN11O3. The minimum Gasteiger partial charge on any atom is -0.379 e. The van der Waals surface area contributed by atoms with Crippen molar-refractivity contribution in [2.75, 3.05) is 82.8 Å². The zero-order valence-electron chi connectivity index (χ0n) is 23.3. The highest BCUT2D eigenvalue weighted by Gasteiger charge is 2.22. The molecule has 2 aliphatic rings. The highest BCUT2D eigenvalue weighted by molar-refractivity contribution is 6.33. The SMILES string of the molecule is CN1CCN(c2ccc(-n3cc(C(=O)NCCCN4CCOCC4)nn3)cc2NC(=O)c2ncc(C#N)nc2Cl)CC1. The van der Waals surface area contributed by atoms with Crippen LogP contribution in [0.5, 0.6) is 0 Å². The first-order valence-corrected chi connectivity index (χ1v) is 14.1. The molecule has 0 spiro atoms.